The maximum Gasteiger partial charge on any atom is 0.323 e. The number of nitrogens with zero attached hydrogens (tertiary/aromatic N) is 1. The number of halogens is 1. The maximum atomic E-state index is 14.0. The fourth-order valence-corrected chi connectivity index (χ4v) is 1.81. The molecular weight excluding hydrogens is 281 g/mol. The van der Waals surface area contributed by atoms with Crippen LogP contribution in [0.2, 0.25) is 0 Å². The molecule has 7 heteroatoms. The molecule has 0 radical (unpaired) electrons. The molecule has 0 unspecified atom stereocenters. The van der Waals surface area contributed by atoms with E-state index in [0.717, 1.165) is 11.0 Å². The summed E-state index contributed by atoms with van der Waals surface area (Å²) < 4.78 is 24.0. The second kappa shape index (κ2) is 6.92. The van der Waals surface area contributed by atoms with Crippen LogP contribution in [0.1, 0.15) is 24.2 Å². The lowest BCUT2D eigenvalue weighted by molar-refractivity contribution is -0.138. The Bertz CT molecular complexity index is 544. The molecule has 0 saturated carbocycles. The molecule has 1 aromatic rings. The first-order valence-electron chi connectivity index (χ1n) is 6.26. The van der Waals surface area contributed by atoms with Gasteiger partial charge in [0.25, 0.3) is 5.91 Å². The van der Waals surface area contributed by atoms with Gasteiger partial charge in [-0.3, -0.25) is 9.59 Å². The summed E-state index contributed by atoms with van der Waals surface area (Å²) in [7, 11) is 2.71. The molecule has 0 spiro atoms. The molecule has 21 heavy (non-hydrogen) atoms. The molecule has 0 atom stereocenters. The molecule has 0 aliphatic carbocycles. The molecule has 0 aliphatic rings. The van der Waals surface area contributed by atoms with Crippen LogP contribution in [0.4, 0.5) is 4.39 Å². The highest BCUT2D eigenvalue weighted by Gasteiger charge is 2.25. The molecule has 0 aromatic heterocycles. The lowest BCUT2D eigenvalue weighted by atomic mass is 10.1. The first kappa shape index (κ1) is 16.7. The molecule has 1 aromatic carbocycles. The second-order valence-corrected chi connectivity index (χ2v) is 4.61. The topological polar surface area (TPSA) is 76.1 Å². The summed E-state index contributed by atoms with van der Waals surface area (Å²) in [5.41, 5.74) is -0.261. The van der Waals surface area contributed by atoms with Crippen LogP contribution in [0.25, 0.3) is 0 Å². The lowest BCUT2D eigenvalue weighted by Gasteiger charge is -2.25. The smallest absolute Gasteiger partial charge is 0.323 e. The summed E-state index contributed by atoms with van der Waals surface area (Å²) >= 11 is 0. The summed E-state index contributed by atoms with van der Waals surface area (Å²) in [4.78, 5) is 24.2. The van der Waals surface area contributed by atoms with Crippen molar-refractivity contribution < 1.29 is 28.6 Å². The van der Waals surface area contributed by atoms with Crippen molar-refractivity contribution in [3.63, 3.8) is 0 Å². The van der Waals surface area contributed by atoms with E-state index in [2.05, 4.69) is 0 Å². The SMILES string of the molecule is COc1cc(F)c(C(=O)N(CC(=O)O)C(C)C)cc1OC. The van der Waals surface area contributed by atoms with Crippen molar-refractivity contribution in [3.05, 3.63) is 23.5 Å². The van der Waals surface area contributed by atoms with E-state index in [1.807, 2.05) is 0 Å². The predicted molar refractivity (Wildman–Crippen MR) is 73.3 cm³/mol. The van der Waals surface area contributed by atoms with Crippen molar-refractivity contribution in [1.29, 1.82) is 0 Å². The van der Waals surface area contributed by atoms with E-state index in [-0.39, 0.29) is 23.1 Å². The quantitative estimate of drug-likeness (QED) is 0.866. The normalized spacial score (nSPS) is 10.4. The number of carbonyl (C=O) groups is 2. The predicted octanol–water partition coefficient (Wildman–Crippen LogP) is 1.78. The standard InChI is InChI=1S/C14H18FNO5/c1-8(2)16(7-13(17)18)14(19)9-5-11(20-3)12(21-4)6-10(9)15/h5-6,8H,7H2,1-4H3,(H,17,18). The third kappa shape index (κ3) is 3.84. The Labute approximate surface area is 122 Å². The fourth-order valence-electron chi connectivity index (χ4n) is 1.81. The Kier molecular flexibility index (Phi) is 5.52. The van der Waals surface area contributed by atoms with Crippen LogP contribution < -0.4 is 9.47 Å². The van der Waals surface area contributed by atoms with Crippen LogP contribution in [0.15, 0.2) is 12.1 Å². The van der Waals surface area contributed by atoms with Gasteiger partial charge in [-0.05, 0) is 19.9 Å². The molecule has 1 N–H and O–H groups in total. The minimum absolute atomic E-state index is 0.154. The summed E-state index contributed by atoms with van der Waals surface area (Å²) in [5, 5.41) is 8.85. The number of ether oxygens (including phenoxy) is 2. The number of hydrogen-bond donors (Lipinski definition) is 1. The number of aliphatic carboxylic acids is 1. The van der Waals surface area contributed by atoms with Crippen LogP contribution in [0, 0.1) is 5.82 Å². The van der Waals surface area contributed by atoms with E-state index in [1.54, 1.807) is 13.8 Å². The van der Waals surface area contributed by atoms with Crippen molar-refractivity contribution >= 4 is 11.9 Å². The van der Waals surface area contributed by atoms with Gasteiger partial charge in [-0.2, -0.15) is 0 Å². The van der Waals surface area contributed by atoms with E-state index in [0.29, 0.717) is 0 Å². The Morgan fingerprint density at radius 3 is 2.19 bits per heavy atom. The number of benzene rings is 1. The van der Waals surface area contributed by atoms with E-state index < -0.39 is 24.2 Å². The third-order valence-corrected chi connectivity index (χ3v) is 2.89. The molecule has 0 aliphatic heterocycles. The minimum atomic E-state index is -1.17. The molecule has 116 valence electrons. The monoisotopic (exact) mass is 299 g/mol. The molecule has 0 saturated heterocycles. The van der Waals surface area contributed by atoms with E-state index in [1.165, 1.54) is 20.3 Å². The van der Waals surface area contributed by atoms with E-state index >= 15 is 0 Å². The van der Waals surface area contributed by atoms with Gasteiger partial charge in [0, 0.05) is 12.1 Å². The summed E-state index contributed by atoms with van der Waals surface area (Å²) in [6.45, 7) is 2.79. The molecule has 0 fully saturated rings. The number of carboxylic acids is 1. The zero-order valence-electron chi connectivity index (χ0n) is 12.3. The van der Waals surface area contributed by atoms with Gasteiger partial charge < -0.3 is 19.5 Å². The van der Waals surface area contributed by atoms with Gasteiger partial charge in [0.05, 0.1) is 19.8 Å². The molecule has 1 amide bonds. The van der Waals surface area contributed by atoms with Crippen molar-refractivity contribution in [1.82, 2.24) is 4.90 Å². The third-order valence-electron chi connectivity index (χ3n) is 2.89. The number of methoxy groups -OCH3 is 2. The average molecular weight is 299 g/mol. The van der Waals surface area contributed by atoms with E-state index in [4.69, 9.17) is 14.6 Å². The van der Waals surface area contributed by atoms with Crippen LogP contribution in [0.5, 0.6) is 11.5 Å². The average Bonchev–Trinajstić information content (AvgIpc) is 2.43. The summed E-state index contributed by atoms with van der Waals surface area (Å²) in [6, 6.07) is 1.85. The zero-order valence-corrected chi connectivity index (χ0v) is 12.3. The molecule has 0 heterocycles. The number of hydrogen-bond acceptors (Lipinski definition) is 4. The number of carbonyl (C=O) groups excluding carboxylic acids is 1. The number of amides is 1. The van der Waals surface area contributed by atoms with Gasteiger partial charge in [-0.25, -0.2) is 4.39 Å². The van der Waals surface area contributed by atoms with Crippen molar-refractivity contribution in [3.8, 4) is 11.5 Å². The van der Waals surface area contributed by atoms with Crippen LogP contribution in [-0.2, 0) is 4.79 Å². The van der Waals surface area contributed by atoms with Crippen molar-refractivity contribution in [2.24, 2.45) is 0 Å². The Morgan fingerprint density at radius 1 is 1.24 bits per heavy atom. The number of rotatable bonds is 6. The van der Waals surface area contributed by atoms with E-state index in [9.17, 15) is 14.0 Å². The molecule has 0 bridgehead atoms. The molecule has 6 nitrogen and oxygen atoms in total. The fraction of sp³-hybridized carbons (Fsp3) is 0.429. The second-order valence-electron chi connectivity index (χ2n) is 4.61. The van der Waals surface area contributed by atoms with Gasteiger partial charge in [0.15, 0.2) is 11.5 Å². The first-order chi connectivity index (χ1) is 9.81. The molecular formula is C14H18FNO5. The molecule has 1 rings (SSSR count). The van der Waals surface area contributed by atoms with Crippen molar-refractivity contribution in [2.75, 3.05) is 20.8 Å². The highest BCUT2D eigenvalue weighted by molar-refractivity contribution is 5.97. The number of carboxylic acid groups (broad SMARTS) is 1. The van der Waals surface area contributed by atoms with Gasteiger partial charge in [-0.15, -0.1) is 0 Å². The highest BCUT2D eigenvalue weighted by atomic mass is 19.1. The summed E-state index contributed by atoms with van der Waals surface area (Å²) in [5.74, 6) is -2.33. The van der Waals surface area contributed by atoms with Gasteiger partial charge in [-0.1, -0.05) is 0 Å². The summed E-state index contributed by atoms with van der Waals surface area (Å²) in [6.07, 6.45) is 0. The van der Waals surface area contributed by atoms with Crippen LogP contribution >= 0.6 is 0 Å². The largest absolute Gasteiger partial charge is 0.493 e. The Balaban J connectivity index is 3.24. The van der Waals surface area contributed by atoms with Crippen molar-refractivity contribution in [2.45, 2.75) is 19.9 Å². The Morgan fingerprint density at radius 2 is 1.76 bits per heavy atom. The van der Waals surface area contributed by atoms with Crippen LogP contribution in [0.3, 0.4) is 0 Å². The highest BCUT2D eigenvalue weighted by Crippen LogP contribution is 2.30. The zero-order chi connectivity index (χ0) is 16.2. The first-order valence-corrected chi connectivity index (χ1v) is 6.26. The van der Waals surface area contributed by atoms with Gasteiger partial charge >= 0.3 is 5.97 Å². The maximum absolute atomic E-state index is 14.0. The Hall–Kier alpha value is -2.31. The van der Waals surface area contributed by atoms with Gasteiger partial charge in [0.2, 0.25) is 0 Å². The minimum Gasteiger partial charge on any atom is -0.493 e. The van der Waals surface area contributed by atoms with Crippen LogP contribution in [-0.4, -0.2) is 48.7 Å². The lowest BCUT2D eigenvalue weighted by Crippen LogP contribution is -2.41. The van der Waals surface area contributed by atoms with Gasteiger partial charge in [0.1, 0.15) is 12.4 Å².